The fraction of sp³-hybridized carbons (Fsp3) is 0.889. The minimum atomic E-state index is -2.11. The molecule has 2 rings (SSSR count). The molecule has 8 nitrogen and oxygen atoms in total. The van der Waals surface area contributed by atoms with Gasteiger partial charge in [0, 0.05) is 6.42 Å². The molecular formula is C27H57NO7Si5. The predicted molar refractivity (Wildman–Crippen MR) is 174 cm³/mol. The molecule has 232 valence electrons. The van der Waals surface area contributed by atoms with Crippen LogP contribution in [0.25, 0.3) is 0 Å². The van der Waals surface area contributed by atoms with Crippen LogP contribution in [0.5, 0.6) is 0 Å². The smallest absolute Gasteiger partial charge is 0.187 e. The number of hydrogen-bond donors (Lipinski definition) is 0. The molecule has 0 radical (unpaired) electrons. The maximum absolute atomic E-state index is 10.4. The van der Waals surface area contributed by atoms with Gasteiger partial charge in [-0.15, -0.1) is 0 Å². The topological polar surface area (TPSA) is 88.4 Å². The Morgan fingerprint density at radius 1 is 0.700 bits per heavy atom. The van der Waals surface area contributed by atoms with Crippen LogP contribution in [-0.2, 0) is 31.6 Å². The molecule has 1 fully saturated rings. The van der Waals surface area contributed by atoms with Crippen LogP contribution in [0, 0.1) is 11.3 Å². The highest BCUT2D eigenvalue weighted by atomic mass is 28.4. The van der Waals surface area contributed by atoms with E-state index in [0.717, 1.165) is 0 Å². The molecule has 0 bridgehead atoms. The third kappa shape index (κ3) is 12.3. The summed E-state index contributed by atoms with van der Waals surface area (Å²) < 4.78 is 46.7. The van der Waals surface area contributed by atoms with Crippen LogP contribution in [0.2, 0.25) is 98.2 Å². The predicted octanol–water partition coefficient (Wildman–Crippen LogP) is 6.68. The van der Waals surface area contributed by atoms with E-state index in [-0.39, 0.29) is 12.2 Å². The SMILES string of the molecule is C[Si](C)(C)OC[C@H]1O[C@@H](O[C@@]2(C#N)C=C[C@H](O[Si](C)(C)C)C2)[C@H](O[Si](C)(C)C)[C@@H](O[Si](C)(C)C)[C@@H]1O[Si](C)(C)C. The van der Waals surface area contributed by atoms with Crippen molar-refractivity contribution in [2.75, 3.05) is 6.61 Å². The van der Waals surface area contributed by atoms with Gasteiger partial charge in [0.1, 0.15) is 30.5 Å². The zero-order valence-corrected chi connectivity index (χ0v) is 32.8. The van der Waals surface area contributed by atoms with Crippen molar-refractivity contribution < 1.29 is 31.6 Å². The molecule has 0 unspecified atom stereocenters. The molecule has 1 saturated heterocycles. The molecule has 0 aromatic carbocycles. The summed E-state index contributed by atoms with van der Waals surface area (Å²) in [5, 5.41) is 10.4. The summed E-state index contributed by atoms with van der Waals surface area (Å²) in [6.45, 7) is 32.8. The van der Waals surface area contributed by atoms with E-state index in [1.54, 1.807) is 0 Å². The minimum Gasteiger partial charge on any atom is -0.415 e. The van der Waals surface area contributed by atoms with Gasteiger partial charge in [-0.3, -0.25) is 0 Å². The molecule has 0 amide bonds. The molecule has 7 atom stereocenters. The Balaban J connectivity index is 2.56. The van der Waals surface area contributed by atoms with Crippen molar-refractivity contribution in [2.24, 2.45) is 0 Å². The molecular weight excluding hydrogens is 591 g/mol. The number of nitrogens with zero attached hydrogens (tertiary/aromatic N) is 1. The summed E-state index contributed by atoms with van der Waals surface area (Å²) in [4.78, 5) is 0. The molecule has 0 N–H and O–H groups in total. The van der Waals surface area contributed by atoms with Crippen LogP contribution >= 0.6 is 0 Å². The fourth-order valence-corrected chi connectivity index (χ4v) is 9.69. The Morgan fingerprint density at radius 2 is 1.18 bits per heavy atom. The number of rotatable bonds is 13. The van der Waals surface area contributed by atoms with Crippen molar-refractivity contribution in [3.8, 4) is 6.07 Å². The van der Waals surface area contributed by atoms with Gasteiger partial charge in [0.15, 0.2) is 53.5 Å². The van der Waals surface area contributed by atoms with Gasteiger partial charge in [-0.1, -0.05) is 6.08 Å². The second-order valence-electron chi connectivity index (χ2n) is 16.0. The molecule has 0 aromatic rings. The first kappa shape index (κ1) is 36.2. The molecule has 1 aliphatic heterocycles. The molecule has 1 heterocycles. The van der Waals surface area contributed by atoms with Crippen LogP contribution in [-0.4, -0.2) is 90.6 Å². The standard InChI is InChI=1S/C27H57NO7Si5/c1-36(2,3)29-19-22-23(33-38(7,8)9)24(34-39(10,11)12)25(35-40(13,14)15)26(30-22)31-27(20-28)17-16-21(18-27)32-37(4,5)6/h16-17,21-26H,18-19H2,1-15H3/t21-,22+,23+,24-,25+,26-,27-/m0/s1. The van der Waals surface area contributed by atoms with E-state index >= 15 is 0 Å². The second-order valence-corrected chi connectivity index (χ2v) is 38.4. The van der Waals surface area contributed by atoms with Gasteiger partial charge in [-0.05, 0) is 104 Å². The lowest BCUT2D eigenvalue weighted by molar-refractivity contribution is -0.306. The van der Waals surface area contributed by atoms with Crippen molar-refractivity contribution in [3.63, 3.8) is 0 Å². The number of ether oxygens (including phenoxy) is 2. The normalized spacial score (nSPS) is 32.4. The molecule has 13 heteroatoms. The van der Waals surface area contributed by atoms with Crippen molar-refractivity contribution in [1.29, 1.82) is 5.26 Å². The summed E-state index contributed by atoms with van der Waals surface area (Å²) in [6, 6.07) is 2.43. The summed E-state index contributed by atoms with van der Waals surface area (Å²) >= 11 is 0. The summed E-state index contributed by atoms with van der Waals surface area (Å²) in [6.07, 6.45) is 1.41. The van der Waals surface area contributed by atoms with E-state index in [9.17, 15) is 5.26 Å². The molecule has 0 aromatic heterocycles. The monoisotopic (exact) mass is 647 g/mol. The molecule has 0 spiro atoms. The van der Waals surface area contributed by atoms with Gasteiger partial charge in [0.05, 0.1) is 12.7 Å². The second kappa shape index (κ2) is 12.9. The van der Waals surface area contributed by atoms with Crippen molar-refractivity contribution in [2.45, 2.75) is 147 Å². The maximum Gasteiger partial charge on any atom is 0.187 e. The average molecular weight is 648 g/mol. The summed E-state index contributed by atoms with van der Waals surface area (Å²) in [5.41, 5.74) is -1.18. The van der Waals surface area contributed by atoms with Crippen LogP contribution in [0.4, 0.5) is 0 Å². The minimum absolute atomic E-state index is 0.172. The van der Waals surface area contributed by atoms with Crippen LogP contribution in [0.1, 0.15) is 6.42 Å². The lowest BCUT2D eigenvalue weighted by atomic mass is 9.98. The van der Waals surface area contributed by atoms with Gasteiger partial charge < -0.3 is 31.6 Å². The first-order chi connectivity index (χ1) is 17.8. The zero-order valence-electron chi connectivity index (χ0n) is 27.8. The van der Waals surface area contributed by atoms with Crippen molar-refractivity contribution in [1.82, 2.24) is 0 Å². The Bertz CT molecular complexity index is 911. The third-order valence-corrected chi connectivity index (χ3v) is 10.8. The highest BCUT2D eigenvalue weighted by molar-refractivity contribution is 6.71. The maximum atomic E-state index is 10.4. The highest BCUT2D eigenvalue weighted by Crippen LogP contribution is 2.39. The van der Waals surface area contributed by atoms with Gasteiger partial charge in [0.25, 0.3) is 0 Å². The summed E-state index contributed by atoms with van der Waals surface area (Å²) in [5.74, 6) is 0. The van der Waals surface area contributed by atoms with Gasteiger partial charge >= 0.3 is 0 Å². The number of hydrogen-bond acceptors (Lipinski definition) is 8. The van der Waals surface area contributed by atoms with Gasteiger partial charge in [-0.25, -0.2) is 0 Å². The Morgan fingerprint density at radius 3 is 1.62 bits per heavy atom. The number of nitriles is 1. The van der Waals surface area contributed by atoms with Gasteiger partial charge in [0.2, 0.25) is 0 Å². The zero-order chi connectivity index (χ0) is 30.9. The lowest BCUT2D eigenvalue weighted by Crippen LogP contribution is -2.67. The molecule has 1 aliphatic carbocycles. The van der Waals surface area contributed by atoms with E-state index in [1.807, 2.05) is 12.2 Å². The third-order valence-electron chi connectivity index (χ3n) is 5.85. The van der Waals surface area contributed by atoms with Crippen LogP contribution < -0.4 is 0 Å². The van der Waals surface area contributed by atoms with E-state index < -0.39 is 71.8 Å². The van der Waals surface area contributed by atoms with E-state index in [1.165, 1.54) is 0 Å². The average Bonchev–Trinajstić information content (AvgIpc) is 3.09. The molecule has 0 saturated carbocycles. The Hall–Kier alpha value is 0.0344. The van der Waals surface area contributed by atoms with Crippen molar-refractivity contribution >= 4 is 41.6 Å². The van der Waals surface area contributed by atoms with Gasteiger partial charge in [-0.2, -0.15) is 5.26 Å². The fourth-order valence-electron chi connectivity index (χ4n) is 4.70. The van der Waals surface area contributed by atoms with Crippen LogP contribution in [0.3, 0.4) is 0 Å². The quantitative estimate of drug-likeness (QED) is 0.162. The van der Waals surface area contributed by atoms with E-state index in [4.69, 9.17) is 31.6 Å². The highest BCUT2D eigenvalue weighted by Gasteiger charge is 2.54. The van der Waals surface area contributed by atoms with Crippen LogP contribution in [0.15, 0.2) is 12.2 Å². The van der Waals surface area contributed by atoms with E-state index in [2.05, 4.69) is 104 Å². The lowest BCUT2D eigenvalue weighted by Gasteiger charge is -2.51. The summed E-state index contributed by atoms with van der Waals surface area (Å²) in [7, 11) is -9.89. The largest absolute Gasteiger partial charge is 0.415 e. The molecule has 40 heavy (non-hydrogen) atoms. The van der Waals surface area contributed by atoms with Crippen molar-refractivity contribution in [3.05, 3.63) is 12.2 Å². The molecule has 2 aliphatic rings. The van der Waals surface area contributed by atoms with E-state index in [0.29, 0.717) is 13.0 Å². The first-order valence-electron chi connectivity index (χ1n) is 14.6. The Labute approximate surface area is 249 Å². The Kier molecular flexibility index (Phi) is 11.7. The first-order valence-corrected chi connectivity index (χ1v) is 31.6.